The van der Waals surface area contributed by atoms with Crippen molar-refractivity contribution in [3.05, 3.63) is 24.3 Å². The van der Waals surface area contributed by atoms with E-state index in [-0.39, 0.29) is 5.91 Å². The van der Waals surface area contributed by atoms with Gasteiger partial charge in [0.05, 0.1) is 11.4 Å². The fourth-order valence-electron chi connectivity index (χ4n) is 1.80. The largest absolute Gasteiger partial charge is 0.397 e. The summed E-state index contributed by atoms with van der Waals surface area (Å²) in [5.41, 5.74) is 7.07. The monoisotopic (exact) mass is 233 g/mol. The highest BCUT2D eigenvalue weighted by atomic mass is 16.1. The van der Waals surface area contributed by atoms with Crippen LogP contribution in [0.25, 0.3) is 0 Å². The molecule has 92 valence electrons. The van der Waals surface area contributed by atoms with Gasteiger partial charge < -0.3 is 16.0 Å². The Morgan fingerprint density at radius 2 is 2.18 bits per heavy atom. The van der Waals surface area contributed by atoms with Crippen molar-refractivity contribution in [1.29, 1.82) is 0 Å². The molecule has 0 spiro atoms. The third-order valence-corrected chi connectivity index (χ3v) is 3.10. The summed E-state index contributed by atoms with van der Waals surface area (Å²) in [4.78, 5) is 14.0. The molecule has 0 saturated heterocycles. The average molecular weight is 233 g/mol. The smallest absolute Gasteiger partial charge is 0.225 e. The summed E-state index contributed by atoms with van der Waals surface area (Å²) in [6.07, 6.45) is 3.05. The van der Waals surface area contributed by atoms with Crippen molar-refractivity contribution in [3.8, 4) is 0 Å². The Balaban J connectivity index is 1.78. The van der Waals surface area contributed by atoms with Crippen molar-refractivity contribution in [1.82, 2.24) is 4.90 Å². The maximum Gasteiger partial charge on any atom is 0.225 e. The Hall–Kier alpha value is -1.55. The summed E-state index contributed by atoms with van der Waals surface area (Å²) in [5.74, 6) is 0.0235. The highest BCUT2D eigenvalue weighted by Gasteiger charge is 2.25. The highest BCUT2D eigenvalue weighted by molar-refractivity contribution is 5.93. The molecule has 0 atom stereocenters. The van der Waals surface area contributed by atoms with Crippen molar-refractivity contribution in [2.75, 3.05) is 24.6 Å². The van der Waals surface area contributed by atoms with E-state index in [1.165, 1.54) is 12.8 Å². The quantitative estimate of drug-likeness (QED) is 0.761. The molecular formula is C13H19N3O. The number of hydrogen-bond donors (Lipinski definition) is 2. The zero-order chi connectivity index (χ0) is 12.3. The lowest BCUT2D eigenvalue weighted by Gasteiger charge is -2.15. The van der Waals surface area contributed by atoms with Gasteiger partial charge in [0.25, 0.3) is 0 Å². The lowest BCUT2D eigenvalue weighted by molar-refractivity contribution is -0.116. The highest BCUT2D eigenvalue weighted by Crippen LogP contribution is 2.25. The van der Waals surface area contributed by atoms with Crippen molar-refractivity contribution in [3.63, 3.8) is 0 Å². The van der Waals surface area contributed by atoms with Gasteiger partial charge in [-0.15, -0.1) is 0 Å². The molecule has 1 aromatic carbocycles. The Kier molecular flexibility index (Phi) is 3.64. The molecule has 1 aromatic rings. The van der Waals surface area contributed by atoms with Crippen LogP contribution >= 0.6 is 0 Å². The average Bonchev–Trinajstić information content (AvgIpc) is 3.13. The SMILES string of the molecule is CN(CCC(=O)Nc1ccccc1N)C1CC1. The number of nitrogens with zero attached hydrogens (tertiary/aromatic N) is 1. The maximum atomic E-state index is 11.7. The van der Waals surface area contributed by atoms with Crippen LogP contribution in [0.3, 0.4) is 0 Å². The molecule has 1 aliphatic carbocycles. The first-order valence-electron chi connectivity index (χ1n) is 6.01. The topological polar surface area (TPSA) is 58.4 Å². The van der Waals surface area contributed by atoms with Gasteiger partial charge in [0.2, 0.25) is 5.91 Å². The van der Waals surface area contributed by atoms with Crippen LogP contribution in [0.4, 0.5) is 11.4 Å². The molecule has 1 fully saturated rings. The van der Waals surface area contributed by atoms with Gasteiger partial charge in [0.1, 0.15) is 0 Å². The van der Waals surface area contributed by atoms with Crippen molar-refractivity contribution >= 4 is 17.3 Å². The van der Waals surface area contributed by atoms with Gasteiger partial charge in [0.15, 0.2) is 0 Å². The van der Waals surface area contributed by atoms with Crippen LogP contribution in [-0.4, -0.2) is 30.4 Å². The molecule has 3 N–H and O–H groups in total. The molecule has 1 aliphatic rings. The van der Waals surface area contributed by atoms with Crippen LogP contribution in [0.1, 0.15) is 19.3 Å². The molecule has 1 saturated carbocycles. The number of carbonyl (C=O) groups excluding carboxylic acids is 1. The maximum absolute atomic E-state index is 11.7. The van der Waals surface area contributed by atoms with E-state index in [4.69, 9.17) is 5.73 Å². The molecule has 2 rings (SSSR count). The number of amides is 1. The van der Waals surface area contributed by atoms with E-state index in [2.05, 4.69) is 17.3 Å². The Bertz CT molecular complexity index is 401. The van der Waals surface area contributed by atoms with Gasteiger partial charge in [-0.05, 0) is 32.0 Å². The molecule has 0 aromatic heterocycles. The van der Waals surface area contributed by atoms with E-state index < -0.39 is 0 Å². The van der Waals surface area contributed by atoms with E-state index in [0.717, 1.165) is 6.54 Å². The van der Waals surface area contributed by atoms with Crippen LogP contribution in [0.2, 0.25) is 0 Å². The lowest BCUT2D eigenvalue weighted by Crippen LogP contribution is -2.26. The van der Waals surface area contributed by atoms with Crippen LogP contribution < -0.4 is 11.1 Å². The second-order valence-corrected chi connectivity index (χ2v) is 4.60. The standard InChI is InChI=1S/C13H19N3O/c1-16(10-6-7-10)9-8-13(17)15-12-5-3-2-4-11(12)14/h2-5,10H,6-9,14H2,1H3,(H,15,17). The first-order valence-corrected chi connectivity index (χ1v) is 6.01. The Labute approximate surface area is 102 Å². The summed E-state index contributed by atoms with van der Waals surface area (Å²) in [6, 6.07) is 8.02. The van der Waals surface area contributed by atoms with Crippen LogP contribution in [0, 0.1) is 0 Å². The van der Waals surface area contributed by atoms with E-state index >= 15 is 0 Å². The molecule has 0 unspecified atom stereocenters. The van der Waals surface area contributed by atoms with Crippen molar-refractivity contribution in [2.45, 2.75) is 25.3 Å². The van der Waals surface area contributed by atoms with Gasteiger partial charge in [0, 0.05) is 19.0 Å². The number of nitrogen functional groups attached to an aromatic ring is 1. The van der Waals surface area contributed by atoms with E-state index in [9.17, 15) is 4.79 Å². The lowest BCUT2D eigenvalue weighted by atomic mass is 10.2. The second-order valence-electron chi connectivity index (χ2n) is 4.60. The van der Waals surface area contributed by atoms with Gasteiger partial charge in [-0.2, -0.15) is 0 Å². The predicted molar refractivity (Wildman–Crippen MR) is 69.8 cm³/mol. The van der Waals surface area contributed by atoms with Gasteiger partial charge in [-0.25, -0.2) is 0 Å². The van der Waals surface area contributed by atoms with E-state index in [0.29, 0.717) is 23.8 Å². The predicted octanol–water partition coefficient (Wildman–Crippen LogP) is 1.69. The number of nitrogens with one attached hydrogen (secondary N) is 1. The number of benzene rings is 1. The summed E-state index contributed by atoms with van der Waals surface area (Å²) < 4.78 is 0. The Morgan fingerprint density at radius 1 is 1.47 bits per heavy atom. The summed E-state index contributed by atoms with van der Waals surface area (Å²) >= 11 is 0. The molecule has 0 aliphatic heterocycles. The minimum atomic E-state index is 0.0235. The molecular weight excluding hydrogens is 214 g/mol. The molecule has 0 radical (unpaired) electrons. The number of hydrogen-bond acceptors (Lipinski definition) is 3. The molecule has 4 nitrogen and oxygen atoms in total. The third kappa shape index (κ3) is 3.46. The second kappa shape index (κ2) is 5.19. The van der Waals surface area contributed by atoms with Gasteiger partial charge >= 0.3 is 0 Å². The third-order valence-electron chi connectivity index (χ3n) is 3.10. The molecule has 0 heterocycles. The fraction of sp³-hybridized carbons (Fsp3) is 0.462. The summed E-state index contributed by atoms with van der Waals surface area (Å²) in [7, 11) is 2.07. The minimum absolute atomic E-state index is 0.0235. The Morgan fingerprint density at radius 3 is 2.82 bits per heavy atom. The van der Waals surface area contributed by atoms with Gasteiger partial charge in [-0.3, -0.25) is 4.79 Å². The van der Waals surface area contributed by atoms with Crippen molar-refractivity contribution < 1.29 is 4.79 Å². The zero-order valence-corrected chi connectivity index (χ0v) is 10.1. The van der Waals surface area contributed by atoms with Crippen LogP contribution in [-0.2, 0) is 4.79 Å². The van der Waals surface area contributed by atoms with E-state index in [1.807, 2.05) is 18.2 Å². The minimum Gasteiger partial charge on any atom is -0.397 e. The number of rotatable bonds is 5. The van der Waals surface area contributed by atoms with E-state index in [1.54, 1.807) is 6.07 Å². The number of para-hydroxylation sites is 2. The number of carbonyl (C=O) groups is 1. The van der Waals surface area contributed by atoms with Crippen molar-refractivity contribution in [2.24, 2.45) is 0 Å². The first-order chi connectivity index (χ1) is 8.16. The normalized spacial score (nSPS) is 14.9. The molecule has 0 bridgehead atoms. The van der Waals surface area contributed by atoms with Crippen LogP contribution in [0.5, 0.6) is 0 Å². The van der Waals surface area contributed by atoms with Gasteiger partial charge in [-0.1, -0.05) is 12.1 Å². The first kappa shape index (κ1) is 11.9. The van der Waals surface area contributed by atoms with Crippen LogP contribution in [0.15, 0.2) is 24.3 Å². The zero-order valence-electron chi connectivity index (χ0n) is 10.1. The number of anilines is 2. The number of nitrogens with two attached hydrogens (primary N) is 1. The summed E-state index contributed by atoms with van der Waals surface area (Å²) in [5, 5.41) is 2.83. The molecule has 4 heteroatoms. The summed E-state index contributed by atoms with van der Waals surface area (Å²) in [6.45, 7) is 0.809. The molecule has 1 amide bonds. The molecule has 17 heavy (non-hydrogen) atoms. The fourth-order valence-corrected chi connectivity index (χ4v) is 1.80.